The summed E-state index contributed by atoms with van der Waals surface area (Å²) in [5.74, 6) is 0.218. The number of rotatable bonds is 6. The van der Waals surface area contributed by atoms with Crippen LogP contribution in [0.3, 0.4) is 0 Å². The van der Waals surface area contributed by atoms with Crippen LogP contribution < -0.4 is 4.74 Å². The number of carbonyl (C=O) groups excluding carboxylic acids is 1. The molecule has 0 bridgehead atoms. The van der Waals surface area contributed by atoms with Crippen LogP contribution >= 0.6 is 0 Å². The number of sulfonamides is 1. The van der Waals surface area contributed by atoms with Gasteiger partial charge in [-0.1, -0.05) is 0 Å². The molecule has 4 rings (SSSR count). The maximum atomic E-state index is 13.8. The second kappa shape index (κ2) is 7.85. The first-order valence-electron chi connectivity index (χ1n) is 9.81. The lowest BCUT2D eigenvalue weighted by atomic mass is 10.2. The fraction of sp³-hybridized carbons (Fsp3) is 0.318. The number of halogens is 1. The Morgan fingerprint density at radius 3 is 2.57 bits per heavy atom. The van der Waals surface area contributed by atoms with Gasteiger partial charge in [-0.05, 0) is 62.7 Å². The van der Waals surface area contributed by atoms with Crippen LogP contribution in [-0.2, 0) is 10.0 Å². The minimum absolute atomic E-state index is 0.00397. The number of aromatic nitrogens is 1. The first-order valence-corrected chi connectivity index (χ1v) is 11.3. The van der Waals surface area contributed by atoms with E-state index in [4.69, 9.17) is 4.74 Å². The standard InChI is InChI=1S/C22H23FN2O4S/c1-15(2)29-19-4-6-20(7-5-19)30(27,28)24-10-9-18(13-24)25-12-16(14-26)21-8-3-17(23)11-22(21)25/h3-8,11-12,14-15,18H,9-10,13H2,1-2H3/t18-/m1/s1. The maximum Gasteiger partial charge on any atom is 0.243 e. The van der Waals surface area contributed by atoms with Gasteiger partial charge >= 0.3 is 0 Å². The van der Waals surface area contributed by atoms with Crippen LogP contribution in [0.25, 0.3) is 10.9 Å². The van der Waals surface area contributed by atoms with Crippen molar-refractivity contribution >= 4 is 27.2 Å². The minimum Gasteiger partial charge on any atom is -0.491 e. The molecule has 3 aromatic rings. The summed E-state index contributed by atoms with van der Waals surface area (Å²) in [6.07, 6.45) is 2.99. The Morgan fingerprint density at radius 2 is 1.90 bits per heavy atom. The van der Waals surface area contributed by atoms with Gasteiger partial charge < -0.3 is 9.30 Å². The molecule has 0 aliphatic carbocycles. The third kappa shape index (κ3) is 3.73. The molecule has 0 radical (unpaired) electrons. The average molecular weight is 431 g/mol. The summed E-state index contributed by atoms with van der Waals surface area (Å²) < 4.78 is 48.8. The second-order valence-electron chi connectivity index (χ2n) is 7.71. The Hall–Kier alpha value is -2.71. The normalized spacial score (nSPS) is 17.7. The summed E-state index contributed by atoms with van der Waals surface area (Å²) in [6.45, 7) is 4.41. The van der Waals surface area contributed by atoms with Crippen LogP contribution in [0, 0.1) is 5.82 Å². The molecule has 0 N–H and O–H groups in total. The predicted molar refractivity (Wildman–Crippen MR) is 112 cm³/mol. The number of carbonyl (C=O) groups is 1. The Kier molecular flexibility index (Phi) is 5.38. The van der Waals surface area contributed by atoms with Crippen molar-refractivity contribution in [1.82, 2.24) is 8.87 Å². The number of aldehydes is 1. The van der Waals surface area contributed by atoms with Crippen LogP contribution in [0.2, 0.25) is 0 Å². The van der Waals surface area contributed by atoms with E-state index in [0.717, 1.165) is 6.29 Å². The van der Waals surface area contributed by atoms with Crippen molar-refractivity contribution < 1.29 is 22.3 Å². The van der Waals surface area contributed by atoms with Gasteiger partial charge in [0.05, 0.1) is 16.5 Å². The molecule has 158 valence electrons. The van der Waals surface area contributed by atoms with Crippen molar-refractivity contribution in [3.63, 3.8) is 0 Å². The lowest BCUT2D eigenvalue weighted by Crippen LogP contribution is -2.29. The Labute approximate surface area is 174 Å². The zero-order valence-electron chi connectivity index (χ0n) is 16.8. The summed E-state index contributed by atoms with van der Waals surface area (Å²) in [6, 6.07) is 10.5. The van der Waals surface area contributed by atoms with E-state index in [2.05, 4.69) is 0 Å². The average Bonchev–Trinajstić information content (AvgIpc) is 3.32. The third-order valence-electron chi connectivity index (χ3n) is 5.31. The number of benzene rings is 2. The summed E-state index contributed by atoms with van der Waals surface area (Å²) in [7, 11) is -3.66. The van der Waals surface area contributed by atoms with E-state index in [0.29, 0.717) is 35.2 Å². The molecule has 0 saturated carbocycles. The molecule has 0 unspecified atom stereocenters. The maximum absolute atomic E-state index is 13.8. The van der Waals surface area contributed by atoms with E-state index in [9.17, 15) is 17.6 Å². The van der Waals surface area contributed by atoms with E-state index < -0.39 is 15.8 Å². The number of hydrogen-bond acceptors (Lipinski definition) is 4. The lowest BCUT2D eigenvalue weighted by Gasteiger charge is -2.18. The van der Waals surface area contributed by atoms with Gasteiger partial charge in [-0.15, -0.1) is 0 Å². The van der Waals surface area contributed by atoms with Gasteiger partial charge in [0.2, 0.25) is 10.0 Å². The van der Waals surface area contributed by atoms with E-state index in [1.54, 1.807) is 36.5 Å². The summed E-state index contributed by atoms with van der Waals surface area (Å²) >= 11 is 0. The molecule has 1 aliphatic heterocycles. The zero-order valence-corrected chi connectivity index (χ0v) is 17.6. The molecule has 1 atom stereocenters. The molecule has 0 amide bonds. The summed E-state index contributed by atoms with van der Waals surface area (Å²) in [4.78, 5) is 11.6. The molecule has 6 nitrogen and oxygen atoms in total. The Balaban J connectivity index is 1.59. The van der Waals surface area contributed by atoms with Crippen LogP contribution in [0.15, 0.2) is 53.6 Å². The topological polar surface area (TPSA) is 68.6 Å². The van der Waals surface area contributed by atoms with Crippen molar-refractivity contribution in [2.75, 3.05) is 13.1 Å². The first-order chi connectivity index (χ1) is 14.3. The van der Waals surface area contributed by atoms with Gasteiger partial charge in [-0.25, -0.2) is 12.8 Å². The van der Waals surface area contributed by atoms with Crippen molar-refractivity contribution in [3.05, 3.63) is 60.0 Å². The number of fused-ring (bicyclic) bond motifs is 1. The monoisotopic (exact) mass is 430 g/mol. The van der Waals surface area contributed by atoms with E-state index in [-0.39, 0.29) is 23.6 Å². The van der Waals surface area contributed by atoms with Gasteiger partial charge in [0.1, 0.15) is 11.6 Å². The molecular formula is C22H23FN2O4S. The summed E-state index contributed by atoms with van der Waals surface area (Å²) in [5.41, 5.74) is 1.06. The molecule has 1 saturated heterocycles. The fourth-order valence-corrected chi connectivity index (χ4v) is 5.41. The number of hydrogen-bond donors (Lipinski definition) is 0. The van der Waals surface area contributed by atoms with Gasteiger partial charge in [0.25, 0.3) is 0 Å². The molecule has 30 heavy (non-hydrogen) atoms. The highest BCUT2D eigenvalue weighted by Crippen LogP contribution is 2.32. The quantitative estimate of drug-likeness (QED) is 0.554. The van der Waals surface area contributed by atoms with Gasteiger partial charge in [0, 0.05) is 36.3 Å². The minimum atomic E-state index is -3.66. The molecule has 1 aliphatic rings. The number of ether oxygens (including phenoxy) is 1. The highest BCUT2D eigenvalue weighted by Gasteiger charge is 2.34. The van der Waals surface area contributed by atoms with E-state index in [1.165, 1.54) is 16.4 Å². The largest absolute Gasteiger partial charge is 0.491 e. The van der Waals surface area contributed by atoms with Crippen molar-refractivity contribution in [2.24, 2.45) is 0 Å². The molecule has 0 spiro atoms. The van der Waals surface area contributed by atoms with Crippen molar-refractivity contribution in [1.29, 1.82) is 0 Å². The van der Waals surface area contributed by atoms with Crippen LogP contribution in [0.4, 0.5) is 4.39 Å². The second-order valence-corrected chi connectivity index (χ2v) is 9.65. The molecule has 1 fully saturated rings. The summed E-state index contributed by atoms with van der Waals surface area (Å²) in [5, 5.41) is 0.661. The molecule has 2 heterocycles. The van der Waals surface area contributed by atoms with E-state index >= 15 is 0 Å². The van der Waals surface area contributed by atoms with Crippen molar-refractivity contribution in [2.45, 2.75) is 37.3 Å². The fourth-order valence-electron chi connectivity index (χ4n) is 3.91. The van der Waals surface area contributed by atoms with Crippen molar-refractivity contribution in [3.8, 4) is 5.75 Å². The van der Waals surface area contributed by atoms with E-state index in [1.807, 2.05) is 18.4 Å². The molecule has 2 aromatic carbocycles. The molecule has 8 heteroatoms. The molecular weight excluding hydrogens is 407 g/mol. The smallest absolute Gasteiger partial charge is 0.243 e. The lowest BCUT2D eigenvalue weighted by molar-refractivity contribution is 0.112. The third-order valence-corrected chi connectivity index (χ3v) is 7.19. The van der Waals surface area contributed by atoms with Gasteiger partial charge in [-0.3, -0.25) is 4.79 Å². The number of nitrogens with zero attached hydrogens (tertiary/aromatic N) is 2. The molecule has 1 aromatic heterocycles. The highest BCUT2D eigenvalue weighted by molar-refractivity contribution is 7.89. The van der Waals surface area contributed by atoms with Gasteiger partial charge in [0.15, 0.2) is 6.29 Å². The van der Waals surface area contributed by atoms with Crippen LogP contribution in [0.5, 0.6) is 5.75 Å². The predicted octanol–water partition coefficient (Wildman–Crippen LogP) is 4.02. The Bertz CT molecular complexity index is 1190. The van der Waals surface area contributed by atoms with Gasteiger partial charge in [-0.2, -0.15) is 4.31 Å². The SMILES string of the molecule is CC(C)Oc1ccc(S(=O)(=O)N2CC[C@@H](n3cc(C=O)c4ccc(F)cc43)C2)cc1. The zero-order chi connectivity index (χ0) is 21.5. The van der Waals surface area contributed by atoms with Crippen LogP contribution in [0.1, 0.15) is 36.7 Å². The first kappa shape index (κ1) is 20.6. The Morgan fingerprint density at radius 1 is 1.17 bits per heavy atom. The van der Waals surface area contributed by atoms with Crippen LogP contribution in [-0.4, -0.2) is 42.8 Å². The highest BCUT2D eigenvalue weighted by atomic mass is 32.2.